The summed E-state index contributed by atoms with van der Waals surface area (Å²) < 4.78 is 20.2. The number of hydrogen-bond donors (Lipinski definition) is 1. The summed E-state index contributed by atoms with van der Waals surface area (Å²) in [6.07, 6.45) is 3.06. The minimum atomic E-state index is -0.322. The van der Waals surface area contributed by atoms with Crippen molar-refractivity contribution in [3.8, 4) is 5.69 Å². The average Bonchev–Trinajstić information content (AvgIpc) is 3.24. The number of benzene rings is 2. The number of imidazole rings is 1. The molecule has 7 heteroatoms. The highest BCUT2D eigenvalue weighted by atomic mass is 19.1. The molecule has 0 radical (unpaired) electrons. The molecule has 6 nitrogen and oxygen atoms in total. The van der Waals surface area contributed by atoms with Gasteiger partial charge in [-0.15, -0.1) is 0 Å². The highest BCUT2D eigenvalue weighted by molar-refractivity contribution is 5.93. The summed E-state index contributed by atoms with van der Waals surface area (Å²) in [4.78, 5) is 19.2. The second-order valence-corrected chi connectivity index (χ2v) is 6.97. The first-order valence-corrected chi connectivity index (χ1v) is 9.64. The maximum Gasteiger partial charge on any atom is 0.270 e. The molecule has 150 valence electrons. The van der Waals surface area contributed by atoms with Gasteiger partial charge in [-0.1, -0.05) is 24.3 Å². The van der Waals surface area contributed by atoms with Crippen molar-refractivity contribution in [3.05, 3.63) is 83.7 Å². The number of aromatic nitrogens is 2. The summed E-state index contributed by atoms with van der Waals surface area (Å²) in [6, 6.07) is 14.1. The molecule has 0 unspecified atom stereocenters. The molecule has 2 heterocycles. The third-order valence-electron chi connectivity index (χ3n) is 5.03. The Morgan fingerprint density at radius 3 is 2.55 bits per heavy atom. The Kier molecular flexibility index (Phi) is 5.97. The molecule has 2 aromatic carbocycles. The van der Waals surface area contributed by atoms with Crippen molar-refractivity contribution in [3.63, 3.8) is 0 Å². The number of morpholine rings is 1. The van der Waals surface area contributed by atoms with E-state index in [-0.39, 0.29) is 11.7 Å². The summed E-state index contributed by atoms with van der Waals surface area (Å²) in [7, 11) is 0. The number of hydrogen-bond acceptors (Lipinski definition) is 4. The van der Waals surface area contributed by atoms with Gasteiger partial charge >= 0.3 is 0 Å². The van der Waals surface area contributed by atoms with Crippen LogP contribution in [0.1, 0.15) is 21.6 Å². The lowest BCUT2D eigenvalue weighted by molar-refractivity contribution is 0.0340. The Morgan fingerprint density at radius 2 is 1.79 bits per heavy atom. The molecule has 29 heavy (non-hydrogen) atoms. The lowest BCUT2D eigenvalue weighted by Gasteiger charge is -2.27. The van der Waals surface area contributed by atoms with E-state index in [1.54, 1.807) is 23.0 Å². The van der Waals surface area contributed by atoms with Crippen molar-refractivity contribution < 1.29 is 13.9 Å². The molecule has 1 aromatic heterocycles. The molecular weight excluding hydrogens is 371 g/mol. The molecule has 1 aliphatic rings. The van der Waals surface area contributed by atoms with E-state index >= 15 is 0 Å². The molecule has 0 spiro atoms. The zero-order valence-electron chi connectivity index (χ0n) is 16.1. The van der Waals surface area contributed by atoms with Crippen molar-refractivity contribution >= 4 is 5.91 Å². The van der Waals surface area contributed by atoms with E-state index < -0.39 is 0 Å². The molecule has 1 aliphatic heterocycles. The Morgan fingerprint density at radius 1 is 1.07 bits per heavy atom. The van der Waals surface area contributed by atoms with Gasteiger partial charge in [0, 0.05) is 31.9 Å². The quantitative estimate of drug-likeness (QED) is 0.699. The first-order valence-electron chi connectivity index (χ1n) is 9.64. The summed E-state index contributed by atoms with van der Waals surface area (Å²) in [6.45, 7) is 4.60. The van der Waals surface area contributed by atoms with Crippen LogP contribution in [-0.4, -0.2) is 46.7 Å². The second-order valence-electron chi connectivity index (χ2n) is 6.97. The molecule has 0 bridgehead atoms. The fourth-order valence-corrected chi connectivity index (χ4v) is 3.42. The number of carbonyl (C=O) groups is 1. The summed E-state index contributed by atoms with van der Waals surface area (Å²) in [5, 5.41) is 2.98. The van der Waals surface area contributed by atoms with Crippen molar-refractivity contribution in [1.29, 1.82) is 0 Å². The van der Waals surface area contributed by atoms with Crippen LogP contribution in [0.3, 0.4) is 0 Å². The van der Waals surface area contributed by atoms with Gasteiger partial charge in [-0.2, -0.15) is 0 Å². The van der Waals surface area contributed by atoms with Gasteiger partial charge in [0.25, 0.3) is 5.91 Å². The van der Waals surface area contributed by atoms with E-state index in [4.69, 9.17) is 4.74 Å². The summed E-state index contributed by atoms with van der Waals surface area (Å²) >= 11 is 0. The van der Waals surface area contributed by atoms with Crippen LogP contribution in [0.5, 0.6) is 0 Å². The minimum Gasteiger partial charge on any atom is -0.379 e. The number of carbonyl (C=O) groups excluding carboxylic acids is 1. The Hall–Kier alpha value is -3.03. The normalized spacial score (nSPS) is 14.7. The zero-order chi connectivity index (χ0) is 20.1. The highest BCUT2D eigenvalue weighted by Gasteiger charge is 2.15. The van der Waals surface area contributed by atoms with Crippen LogP contribution in [0.2, 0.25) is 0 Å². The van der Waals surface area contributed by atoms with Crippen LogP contribution in [0.15, 0.2) is 61.1 Å². The lowest BCUT2D eigenvalue weighted by Crippen LogP contribution is -2.36. The molecule has 1 fully saturated rings. The van der Waals surface area contributed by atoms with Gasteiger partial charge in [0.1, 0.15) is 11.5 Å². The van der Waals surface area contributed by atoms with Gasteiger partial charge < -0.3 is 10.1 Å². The van der Waals surface area contributed by atoms with Crippen LogP contribution in [0.25, 0.3) is 5.69 Å². The third kappa shape index (κ3) is 4.70. The molecule has 0 saturated carbocycles. The van der Waals surface area contributed by atoms with Crippen molar-refractivity contribution in [2.75, 3.05) is 26.3 Å². The summed E-state index contributed by atoms with van der Waals surface area (Å²) in [5.74, 6) is -0.551. The topological polar surface area (TPSA) is 59.4 Å². The van der Waals surface area contributed by atoms with Gasteiger partial charge in [0.15, 0.2) is 0 Å². The van der Waals surface area contributed by atoms with Gasteiger partial charge in [0.05, 0.1) is 25.7 Å². The first-order chi connectivity index (χ1) is 14.2. The number of ether oxygens (including phenoxy) is 1. The van der Waals surface area contributed by atoms with Gasteiger partial charge in [-0.05, 0) is 35.4 Å². The minimum absolute atomic E-state index is 0.229. The van der Waals surface area contributed by atoms with Crippen molar-refractivity contribution in [2.45, 2.75) is 13.1 Å². The Balaban J connectivity index is 1.44. The Bertz CT molecular complexity index is 965. The van der Waals surface area contributed by atoms with Crippen LogP contribution < -0.4 is 5.32 Å². The number of nitrogens with one attached hydrogen (secondary N) is 1. The predicted octanol–water partition coefficient (Wildman–Crippen LogP) is 2.77. The SMILES string of the molecule is O=C(NCc1ccccc1CN1CCOCC1)c1cncn1-c1ccc(F)cc1. The standard InChI is InChI=1S/C22H23FN4O2/c23-19-5-7-20(8-6-19)27-16-24-14-21(27)22(28)25-13-17-3-1-2-4-18(17)15-26-9-11-29-12-10-26/h1-8,14,16H,9-13,15H2,(H,25,28). The van der Waals surface area contributed by atoms with Crippen LogP contribution in [-0.2, 0) is 17.8 Å². The third-order valence-corrected chi connectivity index (χ3v) is 5.03. The van der Waals surface area contributed by atoms with E-state index in [2.05, 4.69) is 21.3 Å². The largest absolute Gasteiger partial charge is 0.379 e. The lowest BCUT2D eigenvalue weighted by atomic mass is 10.1. The highest BCUT2D eigenvalue weighted by Crippen LogP contribution is 2.15. The molecule has 1 amide bonds. The van der Waals surface area contributed by atoms with E-state index in [1.807, 2.05) is 18.2 Å². The maximum absolute atomic E-state index is 13.2. The number of amides is 1. The number of nitrogens with zero attached hydrogens (tertiary/aromatic N) is 3. The predicted molar refractivity (Wildman–Crippen MR) is 107 cm³/mol. The monoisotopic (exact) mass is 394 g/mol. The molecule has 0 atom stereocenters. The molecule has 1 N–H and O–H groups in total. The van der Waals surface area contributed by atoms with Crippen molar-refractivity contribution in [1.82, 2.24) is 19.8 Å². The van der Waals surface area contributed by atoms with E-state index in [0.29, 0.717) is 17.9 Å². The fourth-order valence-electron chi connectivity index (χ4n) is 3.42. The van der Waals surface area contributed by atoms with Crippen LogP contribution >= 0.6 is 0 Å². The van der Waals surface area contributed by atoms with Crippen molar-refractivity contribution in [2.24, 2.45) is 0 Å². The van der Waals surface area contributed by atoms with E-state index in [9.17, 15) is 9.18 Å². The number of rotatable bonds is 6. The van der Waals surface area contributed by atoms with E-state index in [0.717, 1.165) is 38.4 Å². The first kappa shape index (κ1) is 19.3. The summed E-state index contributed by atoms with van der Waals surface area (Å²) in [5.41, 5.74) is 3.37. The maximum atomic E-state index is 13.2. The molecular formula is C22H23FN4O2. The number of halogens is 1. The molecule has 0 aliphatic carbocycles. The second kappa shape index (κ2) is 8.98. The van der Waals surface area contributed by atoms with Gasteiger partial charge in [-0.25, -0.2) is 9.37 Å². The smallest absolute Gasteiger partial charge is 0.270 e. The molecule has 4 rings (SSSR count). The zero-order valence-corrected chi connectivity index (χ0v) is 16.1. The molecule has 3 aromatic rings. The van der Waals surface area contributed by atoms with Crippen LogP contribution in [0, 0.1) is 5.82 Å². The Labute approximate surface area is 168 Å². The van der Waals surface area contributed by atoms with Gasteiger partial charge in [0.2, 0.25) is 0 Å². The van der Waals surface area contributed by atoms with Crippen LogP contribution in [0.4, 0.5) is 4.39 Å². The molecule has 1 saturated heterocycles. The van der Waals surface area contributed by atoms with E-state index in [1.165, 1.54) is 23.9 Å². The average molecular weight is 394 g/mol. The fraction of sp³-hybridized carbons (Fsp3) is 0.273. The van der Waals surface area contributed by atoms with Gasteiger partial charge in [-0.3, -0.25) is 14.3 Å².